The van der Waals surface area contributed by atoms with Gasteiger partial charge in [0.15, 0.2) is 0 Å². The van der Waals surface area contributed by atoms with Gasteiger partial charge in [-0.3, -0.25) is 0 Å². The largest absolute Gasteiger partial charge is 0.392 e. The highest BCUT2D eigenvalue weighted by atomic mass is 16.3. The number of aliphatic hydroxyl groups is 1. The highest BCUT2D eigenvalue weighted by Gasteiger charge is 2.30. The Balaban J connectivity index is 1.80. The molecule has 1 aromatic carbocycles. The zero-order chi connectivity index (χ0) is 18.4. The Bertz CT molecular complexity index is 663. The van der Waals surface area contributed by atoms with E-state index in [4.69, 9.17) is 0 Å². The molecule has 1 unspecified atom stereocenters. The number of aliphatic hydroxyl groups excluding tert-OH is 1. The first kappa shape index (κ1) is 19.0. The lowest BCUT2D eigenvalue weighted by Gasteiger charge is -2.33. The van der Waals surface area contributed by atoms with Crippen LogP contribution in [0.15, 0.2) is 42.7 Å². The molecular formula is C19H28N4O2. The first-order chi connectivity index (χ1) is 11.8. The maximum absolute atomic E-state index is 12.0. The normalized spacial score (nSPS) is 12.9. The molecule has 1 atom stereocenters. The number of benzene rings is 1. The van der Waals surface area contributed by atoms with Crippen LogP contribution >= 0.6 is 0 Å². The monoisotopic (exact) mass is 344 g/mol. The quantitative estimate of drug-likeness (QED) is 0.722. The van der Waals surface area contributed by atoms with Gasteiger partial charge in [-0.25, -0.2) is 9.48 Å². The van der Waals surface area contributed by atoms with Crippen LogP contribution < -0.4 is 10.6 Å². The lowest BCUT2D eigenvalue weighted by Crippen LogP contribution is -2.46. The van der Waals surface area contributed by atoms with Crippen molar-refractivity contribution in [2.45, 2.75) is 40.3 Å². The van der Waals surface area contributed by atoms with Gasteiger partial charge in [-0.05, 0) is 29.7 Å². The summed E-state index contributed by atoms with van der Waals surface area (Å²) in [5, 5.41) is 20.1. The number of nitrogens with zero attached hydrogens (tertiary/aromatic N) is 2. The Hall–Kier alpha value is -2.34. The zero-order valence-electron chi connectivity index (χ0n) is 15.4. The summed E-state index contributed by atoms with van der Waals surface area (Å²) in [5.41, 5.74) is 1.60. The number of nitrogens with one attached hydrogen (secondary N) is 2. The van der Waals surface area contributed by atoms with E-state index in [0.717, 1.165) is 11.3 Å². The minimum absolute atomic E-state index is 0.146. The van der Waals surface area contributed by atoms with E-state index in [0.29, 0.717) is 13.1 Å². The molecule has 2 amide bonds. The first-order valence-corrected chi connectivity index (χ1v) is 8.58. The van der Waals surface area contributed by atoms with E-state index in [1.54, 1.807) is 10.9 Å². The molecule has 0 spiro atoms. The Kier molecular flexibility index (Phi) is 6.20. The van der Waals surface area contributed by atoms with Gasteiger partial charge in [0, 0.05) is 30.9 Å². The molecule has 2 rings (SSSR count). The van der Waals surface area contributed by atoms with E-state index in [9.17, 15) is 9.90 Å². The molecule has 0 bridgehead atoms. The van der Waals surface area contributed by atoms with E-state index >= 15 is 0 Å². The minimum atomic E-state index is -0.470. The second kappa shape index (κ2) is 8.16. The predicted octanol–water partition coefficient (Wildman–Crippen LogP) is 2.71. The van der Waals surface area contributed by atoms with Gasteiger partial charge in [0.05, 0.1) is 11.8 Å². The van der Waals surface area contributed by atoms with Crippen molar-refractivity contribution in [2.75, 3.05) is 6.54 Å². The number of rotatable bonds is 7. The molecular weight excluding hydrogens is 316 g/mol. The number of carbonyl (C=O) groups is 1. The number of amides is 2. The topological polar surface area (TPSA) is 79.2 Å². The number of aromatic nitrogens is 2. The molecule has 0 aliphatic rings. The van der Waals surface area contributed by atoms with Crippen molar-refractivity contribution < 1.29 is 9.90 Å². The van der Waals surface area contributed by atoms with E-state index in [2.05, 4.69) is 15.7 Å². The average Bonchev–Trinajstić information content (AvgIpc) is 3.12. The number of carbonyl (C=O) groups excluding carboxylic acids is 1. The van der Waals surface area contributed by atoms with E-state index in [-0.39, 0.29) is 17.4 Å². The molecule has 1 aromatic heterocycles. The molecule has 25 heavy (non-hydrogen) atoms. The van der Waals surface area contributed by atoms with Gasteiger partial charge in [0.25, 0.3) is 0 Å². The second-order valence-electron chi connectivity index (χ2n) is 7.33. The fraction of sp³-hybridized carbons (Fsp3) is 0.474. The van der Waals surface area contributed by atoms with Crippen LogP contribution in [-0.2, 0) is 6.54 Å². The molecule has 6 nitrogen and oxygen atoms in total. The third-order valence-electron chi connectivity index (χ3n) is 4.30. The maximum atomic E-state index is 12.0. The summed E-state index contributed by atoms with van der Waals surface area (Å²) in [6.07, 6.45) is 3.15. The molecule has 0 radical (unpaired) electrons. The smallest absolute Gasteiger partial charge is 0.315 e. The fourth-order valence-corrected chi connectivity index (χ4v) is 2.75. The number of urea groups is 1. The summed E-state index contributed by atoms with van der Waals surface area (Å²) in [6, 6.07) is 9.49. The molecule has 6 heteroatoms. The molecule has 136 valence electrons. The maximum Gasteiger partial charge on any atom is 0.315 e. The fourth-order valence-electron chi connectivity index (χ4n) is 2.75. The first-order valence-electron chi connectivity index (χ1n) is 8.58. The summed E-state index contributed by atoms with van der Waals surface area (Å²) in [5.74, 6) is 0.146. The van der Waals surface area contributed by atoms with Crippen LogP contribution in [0.4, 0.5) is 4.79 Å². The molecule has 0 aliphatic heterocycles. The van der Waals surface area contributed by atoms with Crippen LogP contribution in [0.25, 0.3) is 5.69 Å². The molecule has 0 fully saturated rings. The molecule has 0 saturated heterocycles. The summed E-state index contributed by atoms with van der Waals surface area (Å²) in [7, 11) is 0. The molecule has 0 saturated carbocycles. The molecule has 1 heterocycles. The summed E-state index contributed by atoms with van der Waals surface area (Å²) >= 11 is 0. The second-order valence-corrected chi connectivity index (χ2v) is 7.33. The third kappa shape index (κ3) is 5.32. The highest BCUT2D eigenvalue weighted by molar-refractivity contribution is 5.73. The lowest BCUT2D eigenvalue weighted by atomic mass is 9.81. The van der Waals surface area contributed by atoms with Crippen LogP contribution in [0, 0.1) is 11.3 Å². The van der Waals surface area contributed by atoms with Crippen molar-refractivity contribution in [3.05, 3.63) is 48.3 Å². The van der Waals surface area contributed by atoms with Crippen LogP contribution in [0.2, 0.25) is 0 Å². The average molecular weight is 344 g/mol. The molecule has 2 aromatic rings. The van der Waals surface area contributed by atoms with E-state index in [1.807, 2.05) is 64.2 Å². The number of hydrogen-bond acceptors (Lipinski definition) is 3. The summed E-state index contributed by atoms with van der Waals surface area (Å²) in [6.45, 7) is 8.70. The third-order valence-corrected chi connectivity index (χ3v) is 4.30. The zero-order valence-corrected chi connectivity index (χ0v) is 15.4. The van der Waals surface area contributed by atoms with Gasteiger partial charge in [-0.1, -0.05) is 39.8 Å². The van der Waals surface area contributed by atoms with Crippen LogP contribution in [-0.4, -0.2) is 33.6 Å². The number of hydrogen-bond donors (Lipinski definition) is 3. The highest BCUT2D eigenvalue weighted by Crippen LogP contribution is 2.24. The minimum Gasteiger partial charge on any atom is -0.392 e. The molecule has 3 N–H and O–H groups in total. The SMILES string of the molecule is CC(C)C(O)C(C)(C)CNC(=O)NCc1ccc(-n2cccn2)cc1. The predicted molar refractivity (Wildman–Crippen MR) is 98.4 cm³/mol. The van der Waals surface area contributed by atoms with E-state index < -0.39 is 6.10 Å². The van der Waals surface area contributed by atoms with E-state index in [1.165, 1.54) is 0 Å². The Morgan fingerprint density at radius 2 is 1.92 bits per heavy atom. The van der Waals surface area contributed by atoms with Gasteiger partial charge in [-0.15, -0.1) is 0 Å². The van der Waals surface area contributed by atoms with Crippen molar-refractivity contribution >= 4 is 6.03 Å². The molecule has 0 aliphatic carbocycles. The van der Waals surface area contributed by atoms with Gasteiger partial charge in [0.1, 0.15) is 0 Å². The van der Waals surface area contributed by atoms with Gasteiger partial charge >= 0.3 is 6.03 Å². The Morgan fingerprint density at radius 3 is 2.48 bits per heavy atom. The van der Waals surface area contributed by atoms with Crippen LogP contribution in [0.3, 0.4) is 0 Å². The lowest BCUT2D eigenvalue weighted by molar-refractivity contribution is 0.0151. The van der Waals surface area contributed by atoms with Crippen LogP contribution in [0.5, 0.6) is 0 Å². The Labute approximate surface area is 149 Å². The van der Waals surface area contributed by atoms with Gasteiger partial charge in [0.2, 0.25) is 0 Å². The summed E-state index contributed by atoms with van der Waals surface area (Å²) in [4.78, 5) is 12.0. The van der Waals surface area contributed by atoms with Crippen molar-refractivity contribution in [1.82, 2.24) is 20.4 Å². The van der Waals surface area contributed by atoms with Crippen molar-refractivity contribution in [3.63, 3.8) is 0 Å². The van der Waals surface area contributed by atoms with Gasteiger partial charge < -0.3 is 15.7 Å². The van der Waals surface area contributed by atoms with Crippen molar-refractivity contribution in [1.29, 1.82) is 0 Å². The standard InChI is InChI=1S/C19H28N4O2/c1-14(2)17(24)19(3,4)13-21-18(25)20-12-15-6-8-16(9-7-15)23-11-5-10-22-23/h5-11,14,17,24H,12-13H2,1-4H3,(H2,20,21,25). The van der Waals surface area contributed by atoms with Crippen molar-refractivity contribution in [2.24, 2.45) is 11.3 Å². The van der Waals surface area contributed by atoms with Gasteiger partial charge in [-0.2, -0.15) is 5.10 Å². The van der Waals surface area contributed by atoms with Crippen molar-refractivity contribution in [3.8, 4) is 5.69 Å². The summed E-state index contributed by atoms with van der Waals surface area (Å²) < 4.78 is 1.78. The van der Waals surface area contributed by atoms with Crippen LogP contribution in [0.1, 0.15) is 33.3 Å². The Morgan fingerprint density at radius 1 is 1.24 bits per heavy atom.